The van der Waals surface area contributed by atoms with Gasteiger partial charge in [-0.05, 0) is 18.2 Å². The summed E-state index contributed by atoms with van der Waals surface area (Å²) in [5, 5.41) is 17.2. The van der Waals surface area contributed by atoms with E-state index in [0.717, 1.165) is 21.4 Å². The number of aromatic carboxylic acids is 1. The molecule has 0 bridgehead atoms. The third kappa shape index (κ3) is 2.23. The van der Waals surface area contributed by atoms with Crippen LogP contribution in [0.2, 0.25) is 5.02 Å². The maximum Gasteiger partial charge on any atom is 0.367 e. The quantitative estimate of drug-likeness (QED) is 0.922. The summed E-state index contributed by atoms with van der Waals surface area (Å²) >= 11 is 10.2. The van der Waals surface area contributed by atoms with Gasteiger partial charge in [0.05, 0.1) is 0 Å². The molecule has 82 valence electrons. The standard InChI is InChI=1S/C9H4BrClN2O2S/c10-6-3-4(11)1-2-5(6)7-12-13-8(16-7)9(14)15/h1-3H,(H,14,15). The van der Waals surface area contributed by atoms with Crippen molar-refractivity contribution in [3.05, 3.63) is 32.7 Å². The van der Waals surface area contributed by atoms with E-state index in [9.17, 15) is 4.79 Å². The van der Waals surface area contributed by atoms with Crippen molar-refractivity contribution in [1.29, 1.82) is 0 Å². The summed E-state index contributed by atoms with van der Waals surface area (Å²) in [5.41, 5.74) is 0.773. The van der Waals surface area contributed by atoms with Crippen LogP contribution >= 0.6 is 38.9 Å². The van der Waals surface area contributed by atoms with Crippen LogP contribution in [-0.4, -0.2) is 21.3 Å². The number of benzene rings is 1. The summed E-state index contributed by atoms with van der Waals surface area (Å²) in [6, 6.07) is 5.20. The van der Waals surface area contributed by atoms with Gasteiger partial charge in [0.15, 0.2) is 0 Å². The molecule has 1 aromatic heterocycles. The lowest BCUT2D eigenvalue weighted by molar-refractivity contribution is 0.0695. The number of carboxylic acids is 1. The monoisotopic (exact) mass is 318 g/mol. The number of carboxylic acid groups (broad SMARTS) is 1. The molecule has 2 rings (SSSR count). The summed E-state index contributed by atoms with van der Waals surface area (Å²) < 4.78 is 0.757. The molecule has 0 aliphatic carbocycles. The van der Waals surface area contributed by atoms with Crippen LogP contribution in [0.4, 0.5) is 0 Å². The first-order valence-corrected chi connectivity index (χ1v) is 6.09. The van der Waals surface area contributed by atoms with Crippen LogP contribution in [0.5, 0.6) is 0 Å². The van der Waals surface area contributed by atoms with Gasteiger partial charge < -0.3 is 5.11 Å². The Morgan fingerprint density at radius 2 is 2.19 bits per heavy atom. The smallest absolute Gasteiger partial charge is 0.367 e. The number of rotatable bonds is 2. The molecule has 1 N–H and O–H groups in total. The van der Waals surface area contributed by atoms with Gasteiger partial charge in [0, 0.05) is 15.1 Å². The minimum atomic E-state index is -1.08. The minimum absolute atomic E-state index is 0.0307. The van der Waals surface area contributed by atoms with E-state index >= 15 is 0 Å². The maximum atomic E-state index is 10.7. The summed E-state index contributed by atoms with van der Waals surface area (Å²) in [5.74, 6) is -1.08. The normalized spacial score (nSPS) is 10.4. The second kappa shape index (κ2) is 4.48. The van der Waals surface area contributed by atoms with Crippen molar-refractivity contribution in [2.45, 2.75) is 0 Å². The molecule has 16 heavy (non-hydrogen) atoms. The highest BCUT2D eigenvalue weighted by Crippen LogP contribution is 2.32. The van der Waals surface area contributed by atoms with E-state index in [1.165, 1.54) is 0 Å². The molecule has 7 heteroatoms. The number of carbonyl (C=O) groups is 1. The molecular formula is C9H4BrClN2O2S. The average molecular weight is 320 g/mol. The third-order valence-electron chi connectivity index (χ3n) is 1.77. The van der Waals surface area contributed by atoms with Crippen LogP contribution in [0.3, 0.4) is 0 Å². The molecule has 0 unspecified atom stereocenters. The molecule has 2 aromatic rings. The largest absolute Gasteiger partial charge is 0.476 e. The van der Waals surface area contributed by atoms with E-state index in [2.05, 4.69) is 26.1 Å². The summed E-state index contributed by atoms with van der Waals surface area (Å²) in [7, 11) is 0. The molecule has 0 atom stereocenters. The van der Waals surface area contributed by atoms with E-state index in [1.54, 1.807) is 18.2 Å². The van der Waals surface area contributed by atoms with Gasteiger partial charge in [-0.1, -0.05) is 38.9 Å². The van der Waals surface area contributed by atoms with Crippen LogP contribution in [0.1, 0.15) is 9.80 Å². The number of hydrogen-bond acceptors (Lipinski definition) is 4. The van der Waals surface area contributed by atoms with Crippen LogP contribution in [0.15, 0.2) is 22.7 Å². The SMILES string of the molecule is O=C(O)c1nnc(-c2ccc(Cl)cc2Br)s1. The average Bonchev–Trinajstić information content (AvgIpc) is 2.66. The van der Waals surface area contributed by atoms with Crippen molar-refractivity contribution < 1.29 is 9.90 Å². The lowest BCUT2D eigenvalue weighted by Gasteiger charge is -1.99. The number of halogens is 2. The van der Waals surface area contributed by atoms with Crippen LogP contribution in [-0.2, 0) is 0 Å². The molecule has 0 saturated heterocycles. The molecule has 1 aromatic carbocycles. The van der Waals surface area contributed by atoms with E-state index < -0.39 is 5.97 Å². The van der Waals surface area contributed by atoms with Gasteiger partial charge in [0.1, 0.15) is 5.01 Å². The Kier molecular flexibility index (Phi) is 3.22. The summed E-state index contributed by atoms with van der Waals surface area (Å²) in [4.78, 5) is 10.7. The van der Waals surface area contributed by atoms with Gasteiger partial charge in [-0.2, -0.15) is 0 Å². The van der Waals surface area contributed by atoms with Gasteiger partial charge in [0.2, 0.25) is 5.01 Å². The molecule has 0 spiro atoms. The second-order valence-corrected chi connectivity index (χ2v) is 5.11. The molecule has 0 saturated carbocycles. The van der Waals surface area contributed by atoms with Crippen molar-refractivity contribution in [2.75, 3.05) is 0 Å². The first-order valence-electron chi connectivity index (χ1n) is 4.10. The van der Waals surface area contributed by atoms with E-state index in [4.69, 9.17) is 16.7 Å². The van der Waals surface area contributed by atoms with Crippen molar-refractivity contribution in [1.82, 2.24) is 10.2 Å². The summed E-state index contributed by atoms with van der Waals surface area (Å²) in [6.45, 7) is 0. The molecule has 0 aliphatic heterocycles. The van der Waals surface area contributed by atoms with Gasteiger partial charge in [0.25, 0.3) is 0 Å². The minimum Gasteiger partial charge on any atom is -0.476 e. The first-order chi connectivity index (χ1) is 7.58. The topological polar surface area (TPSA) is 63.1 Å². The van der Waals surface area contributed by atoms with Gasteiger partial charge in [-0.15, -0.1) is 10.2 Å². The molecular weight excluding hydrogens is 316 g/mol. The highest BCUT2D eigenvalue weighted by Gasteiger charge is 2.14. The predicted octanol–water partition coefficient (Wildman–Crippen LogP) is 3.32. The van der Waals surface area contributed by atoms with Crippen molar-refractivity contribution >= 4 is 44.8 Å². The highest BCUT2D eigenvalue weighted by atomic mass is 79.9. The lowest BCUT2D eigenvalue weighted by atomic mass is 10.2. The van der Waals surface area contributed by atoms with Crippen LogP contribution < -0.4 is 0 Å². The number of nitrogens with zero attached hydrogens (tertiary/aromatic N) is 2. The summed E-state index contributed by atoms with van der Waals surface area (Å²) in [6.07, 6.45) is 0. The Balaban J connectivity index is 2.46. The number of hydrogen-bond donors (Lipinski definition) is 1. The Hall–Kier alpha value is -0.980. The van der Waals surface area contributed by atoms with Crippen molar-refractivity contribution in [3.63, 3.8) is 0 Å². The van der Waals surface area contributed by atoms with Crippen LogP contribution in [0, 0.1) is 0 Å². The zero-order chi connectivity index (χ0) is 11.7. The maximum absolute atomic E-state index is 10.7. The lowest BCUT2D eigenvalue weighted by Crippen LogP contribution is -1.93. The van der Waals surface area contributed by atoms with Crippen LogP contribution in [0.25, 0.3) is 10.6 Å². The van der Waals surface area contributed by atoms with Gasteiger partial charge in [-0.25, -0.2) is 4.79 Å². The molecule has 0 aliphatic rings. The number of aromatic nitrogens is 2. The Morgan fingerprint density at radius 3 is 2.75 bits per heavy atom. The zero-order valence-electron chi connectivity index (χ0n) is 7.65. The van der Waals surface area contributed by atoms with Gasteiger partial charge in [-0.3, -0.25) is 0 Å². The molecule has 1 heterocycles. The fourth-order valence-corrected chi connectivity index (χ4v) is 2.80. The highest BCUT2D eigenvalue weighted by molar-refractivity contribution is 9.10. The third-order valence-corrected chi connectivity index (χ3v) is 3.61. The van der Waals surface area contributed by atoms with E-state index in [1.807, 2.05) is 0 Å². The molecule has 4 nitrogen and oxygen atoms in total. The first kappa shape index (κ1) is 11.5. The van der Waals surface area contributed by atoms with Gasteiger partial charge >= 0.3 is 5.97 Å². The fraction of sp³-hybridized carbons (Fsp3) is 0. The van der Waals surface area contributed by atoms with E-state index in [0.29, 0.717) is 10.0 Å². The molecule has 0 radical (unpaired) electrons. The molecule has 0 fully saturated rings. The Labute approximate surface area is 108 Å². The second-order valence-electron chi connectivity index (χ2n) is 2.84. The zero-order valence-corrected chi connectivity index (χ0v) is 10.8. The van der Waals surface area contributed by atoms with Crippen molar-refractivity contribution in [2.24, 2.45) is 0 Å². The Morgan fingerprint density at radius 1 is 1.44 bits per heavy atom. The Bertz CT molecular complexity index is 558. The molecule has 0 amide bonds. The fourth-order valence-electron chi connectivity index (χ4n) is 1.08. The van der Waals surface area contributed by atoms with Crippen molar-refractivity contribution in [3.8, 4) is 10.6 Å². The predicted molar refractivity (Wildman–Crippen MR) is 65.0 cm³/mol. The van der Waals surface area contributed by atoms with E-state index in [-0.39, 0.29) is 5.01 Å².